The third-order valence-corrected chi connectivity index (χ3v) is 8.87. The van der Waals surface area contributed by atoms with E-state index in [0.29, 0.717) is 12.8 Å². The van der Waals surface area contributed by atoms with Crippen LogP contribution in [-0.2, 0) is 20.2 Å². The average Bonchev–Trinajstić information content (AvgIpc) is 2.81. The topological polar surface area (TPSA) is 114 Å². The minimum absolute atomic E-state index is 0. The number of hydrogen-bond donors (Lipinski definition) is 0. The van der Waals surface area contributed by atoms with Crippen LogP contribution < -0.4 is 103 Å². The van der Waals surface area contributed by atoms with Crippen LogP contribution in [0.25, 0.3) is 0 Å². The van der Waals surface area contributed by atoms with E-state index in [-0.39, 0.29) is 114 Å². The summed E-state index contributed by atoms with van der Waals surface area (Å²) < 4.78 is 63.1. The largest absolute Gasteiger partial charge is 1.00 e. The Kier molecular flexibility index (Phi) is 40.5. The van der Waals surface area contributed by atoms with E-state index in [1.807, 2.05) is 0 Å². The quantitative estimate of drug-likeness (QED) is 0.0675. The van der Waals surface area contributed by atoms with Crippen LogP contribution >= 0.6 is 0 Å². The summed E-state index contributed by atoms with van der Waals surface area (Å²) in [5, 5.41) is 0. The summed E-state index contributed by atoms with van der Waals surface area (Å²) in [6, 6.07) is 0. The second kappa shape index (κ2) is 34.0. The Morgan fingerprint density at radius 1 is 0.256 bits per heavy atom. The molecule has 224 valence electrons. The van der Waals surface area contributed by atoms with Gasteiger partial charge in [0.15, 0.2) is 0 Å². The maximum Gasteiger partial charge on any atom is 1.00 e. The van der Waals surface area contributed by atoms with Gasteiger partial charge in [-0.05, 0) is 12.8 Å². The van der Waals surface area contributed by atoms with E-state index in [1.165, 1.54) is 122 Å². The van der Waals surface area contributed by atoms with Gasteiger partial charge in [0.05, 0.1) is 20.2 Å². The second-order valence-electron chi connectivity index (χ2n) is 11.1. The van der Waals surface area contributed by atoms with Gasteiger partial charge in [-0.15, -0.1) is 0 Å². The second-order valence-corrected chi connectivity index (χ2v) is 14.1. The van der Waals surface area contributed by atoms with Crippen molar-refractivity contribution in [2.75, 3.05) is 11.5 Å². The fraction of sp³-hybridized carbons (Fsp3) is 1.00. The first kappa shape index (κ1) is 46.5. The van der Waals surface area contributed by atoms with Gasteiger partial charge in [0.1, 0.15) is 0 Å². The SMILES string of the molecule is O=S(=O)([O-])CCCCCCCCCCCCCCCCCCCCCCCCCCCCCS(=O)(=O)[O-].[K+].[K+]. The molecule has 0 aromatic heterocycles. The molecule has 0 fully saturated rings. The maximum absolute atomic E-state index is 10.5. The van der Waals surface area contributed by atoms with Crippen LogP contribution in [0.4, 0.5) is 0 Å². The molecule has 0 aliphatic heterocycles. The summed E-state index contributed by atoms with van der Waals surface area (Å²) in [7, 11) is -8.04. The van der Waals surface area contributed by atoms with Crippen molar-refractivity contribution in [1.29, 1.82) is 0 Å². The van der Waals surface area contributed by atoms with E-state index in [2.05, 4.69) is 0 Å². The zero-order valence-corrected chi connectivity index (χ0v) is 33.7. The van der Waals surface area contributed by atoms with E-state index in [1.54, 1.807) is 0 Å². The van der Waals surface area contributed by atoms with E-state index in [9.17, 15) is 25.9 Å². The van der Waals surface area contributed by atoms with Gasteiger partial charge in [-0.1, -0.05) is 161 Å². The Bertz CT molecular complexity index is 630. The zero-order valence-electron chi connectivity index (χ0n) is 25.8. The van der Waals surface area contributed by atoms with Gasteiger partial charge in [0.2, 0.25) is 0 Å². The number of unbranched alkanes of at least 4 members (excludes halogenated alkanes) is 26. The van der Waals surface area contributed by atoms with Crippen molar-refractivity contribution in [1.82, 2.24) is 0 Å². The molecule has 0 radical (unpaired) electrons. The predicted molar refractivity (Wildman–Crippen MR) is 154 cm³/mol. The maximum atomic E-state index is 10.5. The third-order valence-electron chi connectivity index (χ3n) is 7.29. The summed E-state index contributed by atoms with van der Waals surface area (Å²) in [6.45, 7) is 0. The first-order valence-corrected chi connectivity index (χ1v) is 18.7. The van der Waals surface area contributed by atoms with Crippen LogP contribution in [-0.4, -0.2) is 37.4 Å². The van der Waals surface area contributed by atoms with Crippen LogP contribution in [0, 0.1) is 0 Å². The smallest absolute Gasteiger partial charge is 0.748 e. The van der Waals surface area contributed by atoms with E-state index < -0.39 is 20.2 Å². The number of hydrogen-bond acceptors (Lipinski definition) is 6. The Balaban J connectivity index is -0.00000648. The van der Waals surface area contributed by atoms with Crippen LogP contribution in [0.2, 0.25) is 0 Å². The summed E-state index contributed by atoms with van der Waals surface area (Å²) in [5.74, 6) is -0.408. The Morgan fingerprint density at radius 2 is 0.359 bits per heavy atom. The average molecular weight is 645 g/mol. The molecular formula is C29H58K2O6S2. The van der Waals surface area contributed by atoms with Crippen LogP contribution in [0.5, 0.6) is 0 Å². The van der Waals surface area contributed by atoms with E-state index in [0.717, 1.165) is 38.5 Å². The van der Waals surface area contributed by atoms with Gasteiger partial charge in [0, 0.05) is 11.5 Å². The molecule has 0 unspecified atom stereocenters. The molecule has 0 bridgehead atoms. The Labute approximate surface area is 328 Å². The predicted octanol–water partition coefficient (Wildman–Crippen LogP) is 2.62. The molecule has 0 N–H and O–H groups in total. The molecule has 10 heteroatoms. The molecular weight excluding hydrogens is 587 g/mol. The first-order valence-electron chi connectivity index (χ1n) is 15.6. The molecule has 0 spiro atoms. The van der Waals surface area contributed by atoms with Gasteiger partial charge >= 0.3 is 103 Å². The fourth-order valence-corrected chi connectivity index (χ4v) is 6.09. The van der Waals surface area contributed by atoms with Gasteiger partial charge < -0.3 is 9.11 Å². The van der Waals surface area contributed by atoms with Gasteiger partial charge in [0.25, 0.3) is 0 Å². The van der Waals surface area contributed by atoms with Crippen LogP contribution in [0.3, 0.4) is 0 Å². The van der Waals surface area contributed by atoms with Crippen molar-refractivity contribution in [2.45, 2.75) is 173 Å². The van der Waals surface area contributed by atoms with Crippen molar-refractivity contribution in [3.63, 3.8) is 0 Å². The minimum atomic E-state index is -4.02. The monoisotopic (exact) mass is 644 g/mol. The van der Waals surface area contributed by atoms with Crippen LogP contribution in [0.15, 0.2) is 0 Å². The molecule has 6 nitrogen and oxygen atoms in total. The molecule has 0 amide bonds. The zero-order chi connectivity index (χ0) is 27.5. The normalized spacial score (nSPS) is 11.7. The first-order chi connectivity index (χ1) is 17.7. The molecule has 0 rings (SSSR count). The van der Waals surface area contributed by atoms with Crippen molar-refractivity contribution >= 4 is 20.2 Å². The molecule has 0 heterocycles. The van der Waals surface area contributed by atoms with Crippen molar-refractivity contribution in [3.05, 3.63) is 0 Å². The molecule has 0 aliphatic carbocycles. The molecule has 0 aromatic carbocycles. The molecule has 0 aromatic rings. The molecule has 0 saturated heterocycles. The van der Waals surface area contributed by atoms with Gasteiger partial charge in [-0.2, -0.15) is 0 Å². The van der Waals surface area contributed by atoms with Gasteiger partial charge in [-0.3, -0.25) is 0 Å². The minimum Gasteiger partial charge on any atom is -0.748 e. The summed E-state index contributed by atoms with van der Waals surface area (Å²) >= 11 is 0. The fourth-order valence-electron chi connectivity index (χ4n) is 4.98. The van der Waals surface area contributed by atoms with E-state index >= 15 is 0 Å². The molecule has 0 atom stereocenters. The van der Waals surface area contributed by atoms with Crippen molar-refractivity contribution in [2.24, 2.45) is 0 Å². The van der Waals surface area contributed by atoms with Crippen LogP contribution in [0.1, 0.15) is 173 Å². The molecule has 0 aliphatic rings. The van der Waals surface area contributed by atoms with E-state index in [4.69, 9.17) is 0 Å². The molecule has 0 saturated carbocycles. The van der Waals surface area contributed by atoms with Crippen molar-refractivity contribution in [3.8, 4) is 0 Å². The number of rotatable bonds is 30. The summed E-state index contributed by atoms with van der Waals surface area (Å²) in [5.41, 5.74) is 0. The standard InChI is InChI=1S/C29H60O6S2.2K/c30-36(31,32)28-26-24-22-20-18-16-14-12-10-8-6-4-2-1-3-5-7-9-11-13-15-17-19-21-23-25-27-29-37(33,34)35;;/h1-29H2,(H,30,31,32)(H,33,34,35);;/q;2*+1/p-2. The van der Waals surface area contributed by atoms with Gasteiger partial charge in [-0.25, -0.2) is 16.8 Å². The Morgan fingerprint density at radius 3 is 0.462 bits per heavy atom. The third kappa shape index (κ3) is 45.6. The summed E-state index contributed by atoms with van der Waals surface area (Å²) in [4.78, 5) is 0. The Hall–Kier alpha value is 3.09. The summed E-state index contributed by atoms with van der Waals surface area (Å²) in [6.07, 6.45) is 32.6. The van der Waals surface area contributed by atoms with Crippen molar-refractivity contribution < 1.29 is 129 Å². The molecule has 39 heavy (non-hydrogen) atoms.